The maximum Gasteiger partial charge on any atom is 0.196 e. The molecule has 0 spiro atoms. The smallest absolute Gasteiger partial charge is 0.196 e. The quantitative estimate of drug-likeness (QED) is 0.524. The molecule has 3 atom stereocenters. The molecule has 28 heavy (non-hydrogen) atoms. The van der Waals surface area contributed by atoms with Crippen molar-refractivity contribution < 1.29 is 9.67 Å². The summed E-state index contributed by atoms with van der Waals surface area (Å²) in [7, 11) is 0. The van der Waals surface area contributed by atoms with Gasteiger partial charge in [0.1, 0.15) is 0 Å². The molecule has 2 nitrogen and oxygen atoms in total. The fourth-order valence-electron chi connectivity index (χ4n) is 6.25. The lowest BCUT2D eigenvalue weighted by atomic mass is 9.42. The molecule has 1 N–H and O–H groups in total. The van der Waals surface area contributed by atoms with Gasteiger partial charge in [0, 0.05) is 31.6 Å². The summed E-state index contributed by atoms with van der Waals surface area (Å²) in [6.07, 6.45) is 6.64. The number of rotatable bonds is 4. The molecule has 0 radical (unpaired) electrons. The normalized spacial score (nSPS) is 31.2. The van der Waals surface area contributed by atoms with E-state index in [1.54, 1.807) is 0 Å². The molecule has 3 rings (SSSR count). The number of fused-ring (bicyclic) bond motifs is 3. The number of aryl methyl sites for hydroxylation is 1. The van der Waals surface area contributed by atoms with Crippen LogP contribution in [0, 0.1) is 23.7 Å². The van der Waals surface area contributed by atoms with Crippen LogP contribution in [-0.2, 0) is 11.0 Å². The lowest BCUT2D eigenvalue weighted by molar-refractivity contribution is -0.781. The number of aliphatic hydroxyl groups is 1. The van der Waals surface area contributed by atoms with Crippen LogP contribution in [0.1, 0.15) is 85.1 Å². The molecule has 1 aliphatic heterocycles. The minimum atomic E-state index is 0.0271. The Kier molecular flexibility index (Phi) is 4.79. The summed E-state index contributed by atoms with van der Waals surface area (Å²) in [6, 6.07) is 2.28. The van der Waals surface area contributed by atoms with E-state index in [2.05, 4.69) is 91.8 Å². The van der Waals surface area contributed by atoms with E-state index < -0.39 is 0 Å². The average Bonchev–Trinajstić information content (AvgIpc) is 2.67. The van der Waals surface area contributed by atoms with Gasteiger partial charge in [0.25, 0.3) is 0 Å². The number of allylic oxidation sites excluding steroid dienone is 3. The molecule has 1 aliphatic carbocycles. The van der Waals surface area contributed by atoms with Gasteiger partial charge in [0.05, 0.1) is 10.8 Å². The van der Waals surface area contributed by atoms with Crippen LogP contribution in [0.25, 0.3) is 5.57 Å². The molecule has 1 fully saturated rings. The Morgan fingerprint density at radius 3 is 2.43 bits per heavy atom. The summed E-state index contributed by atoms with van der Waals surface area (Å²) in [4.78, 5) is 0. The molecular formula is C26H40NO+. The molecule has 2 heteroatoms. The molecule has 3 unspecified atom stereocenters. The maximum absolute atomic E-state index is 9.64. The van der Waals surface area contributed by atoms with Gasteiger partial charge in [-0.2, -0.15) is 4.57 Å². The fourth-order valence-corrected chi connectivity index (χ4v) is 6.25. The highest BCUT2D eigenvalue weighted by Gasteiger charge is 2.78. The van der Waals surface area contributed by atoms with Gasteiger partial charge in [-0.1, -0.05) is 40.3 Å². The number of pyridine rings is 1. The van der Waals surface area contributed by atoms with E-state index in [1.165, 1.54) is 28.0 Å². The summed E-state index contributed by atoms with van der Waals surface area (Å²) >= 11 is 0. The topological polar surface area (TPSA) is 24.1 Å². The SMILES string of the molecule is C=C(/C=C(/C)c1c(C)cc[n+]2c1C(C)(C)C1(C)C(CCO)CC21C)C(C)(C)C. The van der Waals surface area contributed by atoms with E-state index in [0.717, 1.165) is 12.8 Å². The zero-order chi connectivity index (χ0) is 21.3. The highest BCUT2D eigenvalue weighted by atomic mass is 16.3. The molecule has 0 saturated heterocycles. The van der Waals surface area contributed by atoms with E-state index in [9.17, 15) is 5.11 Å². The van der Waals surface area contributed by atoms with Crippen LogP contribution in [0.3, 0.4) is 0 Å². The first-order valence-corrected chi connectivity index (χ1v) is 10.8. The Hall–Kier alpha value is -1.41. The van der Waals surface area contributed by atoms with Gasteiger partial charge in [-0.15, -0.1) is 0 Å². The number of nitrogens with zero attached hydrogens (tertiary/aromatic N) is 1. The highest BCUT2D eigenvalue weighted by Crippen LogP contribution is 2.69. The van der Waals surface area contributed by atoms with Crippen LogP contribution in [0.2, 0.25) is 0 Å². The van der Waals surface area contributed by atoms with E-state index in [0.29, 0.717) is 5.92 Å². The van der Waals surface area contributed by atoms with Crippen molar-refractivity contribution in [2.24, 2.45) is 16.7 Å². The lowest BCUT2D eigenvalue weighted by Crippen LogP contribution is -2.70. The van der Waals surface area contributed by atoms with E-state index in [4.69, 9.17) is 0 Å². The van der Waals surface area contributed by atoms with Crippen molar-refractivity contribution in [1.82, 2.24) is 0 Å². The molecule has 154 valence electrons. The Balaban J connectivity index is 2.22. The summed E-state index contributed by atoms with van der Waals surface area (Å²) < 4.78 is 2.57. The minimum absolute atomic E-state index is 0.0271. The van der Waals surface area contributed by atoms with Crippen molar-refractivity contribution in [3.8, 4) is 0 Å². The Bertz CT molecular complexity index is 854. The Labute approximate surface area is 172 Å². The van der Waals surface area contributed by atoms with Crippen LogP contribution in [0.5, 0.6) is 0 Å². The molecule has 1 aromatic rings. The van der Waals surface area contributed by atoms with Crippen LogP contribution in [0.4, 0.5) is 0 Å². The fraction of sp³-hybridized carbons (Fsp3) is 0.654. The molecule has 2 aliphatic rings. The third kappa shape index (κ3) is 2.53. The van der Waals surface area contributed by atoms with Crippen LogP contribution in [0.15, 0.2) is 30.5 Å². The van der Waals surface area contributed by atoms with Gasteiger partial charge < -0.3 is 5.11 Å². The van der Waals surface area contributed by atoms with Gasteiger partial charge in [-0.25, -0.2) is 0 Å². The predicted octanol–water partition coefficient (Wildman–Crippen LogP) is 5.70. The van der Waals surface area contributed by atoms with Crippen molar-refractivity contribution in [2.75, 3.05) is 6.61 Å². The monoisotopic (exact) mass is 382 g/mol. The van der Waals surface area contributed by atoms with Gasteiger partial charge in [0.2, 0.25) is 0 Å². The molecule has 1 aromatic heterocycles. The van der Waals surface area contributed by atoms with E-state index in [-0.39, 0.29) is 28.4 Å². The zero-order valence-corrected chi connectivity index (χ0v) is 19.5. The standard InChI is InChI=1S/C26H40NO/c1-17-11-13-27-22(21(17)18(2)15-19(3)23(4,5)6)24(7,8)26(10)20(12-14-28)16-25(26,27)9/h11,13,15,20,28H,3,12,14,16H2,1-2,4-10H3/q+1/b18-15-. The first-order valence-electron chi connectivity index (χ1n) is 10.8. The first-order chi connectivity index (χ1) is 12.7. The molecule has 2 heterocycles. The molecule has 0 amide bonds. The average molecular weight is 383 g/mol. The molecule has 0 aromatic carbocycles. The van der Waals surface area contributed by atoms with Crippen molar-refractivity contribution >= 4 is 5.57 Å². The third-order valence-corrected chi connectivity index (χ3v) is 8.57. The zero-order valence-electron chi connectivity index (χ0n) is 19.5. The summed E-state index contributed by atoms with van der Waals surface area (Å²) in [6.45, 7) is 25.5. The largest absolute Gasteiger partial charge is 0.396 e. The predicted molar refractivity (Wildman–Crippen MR) is 118 cm³/mol. The summed E-state index contributed by atoms with van der Waals surface area (Å²) in [5, 5.41) is 9.64. The van der Waals surface area contributed by atoms with Gasteiger partial charge in [-0.3, -0.25) is 0 Å². The number of hydrogen-bond acceptors (Lipinski definition) is 1. The molecule has 0 bridgehead atoms. The third-order valence-electron chi connectivity index (χ3n) is 8.57. The number of aliphatic hydroxyl groups excluding tert-OH is 1. The first kappa shape index (κ1) is 21.3. The van der Waals surface area contributed by atoms with E-state index in [1.807, 2.05) is 0 Å². The molecular weight excluding hydrogens is 342 g/mol. The van der Waals surface area contributed by atoms with Crippen molar-refractivity contribution in [2.45, 2.75) is 86.1 Å². The van der Waals surface area contributed by atoms with Crippen LogP contribution >= 0.6 is 0 Å². The Morgan fingerprint density at radius 1 is 1.29 bits per heavy atom. The van der Waals surface area contributed by atoms with Crippen molar-refractivity contribution in [3.05, 3.63) is 47.3 Å². The second-order valence-corrected chi connectivity index (χ2v) is 11.2. The minimum Gasteiger partial charge on any atom is -0.396 e. The highest BCUT2D eigenvalue weighted by molar-refractivity contribution is 5.71. The van der Waals surface area contributed by atoms with Crippen LogP contribution < -0.4 is 4.57 Å². The Morgan fingerprint density at radius 2 is 1.89 bits per heavy atom. The second kappa shape index (κ2) is 6.29. The number of aromatic nitrogens is 1. The van der Waals surface area contributed by atoms with E-state index >= 15 is 0 Å². The maximum atomic E-state index is 9.64. The summed E-state index contributed by atoms with van der Waals surface area (Å²) in [5.74, 6) is 0.555. The second-order valence-electron chi connectivity index (χ2n) is 11.2. The van der Waals surface area contributed by atoms with Gasteiger partial charge >= 0.3 is 0 Å². The van der Waals surface area contributed by atoms with Crippen LogP contribution in [-0.4, -0.2) is 11.7 Å². The molecule has 1 saturated carbocycles. The van der Waals surface area contributed by atoms with Crippen molar-refractivity contribution in [3.63, 3.8) is 0 Å². The van der Waals surface area contributed by atoms with Gasteiger partial charge in [-0.05, 0) is 62.2 Å². The number of hydrogen-bond donors (Lipinski definition) is 1. The van der Waals surface area contributed by atoms with Crippen molar-refractivity contribution in [1.29, 1.82) is 0 Å². The van der Waals surface area contributed by atoms with Gasteiger partial charge in [0.15, 0.2) is 17.4 Å². The summed E-state index contributed by atoms with van der Waals surface area (Å²) in [5.41, 5.74) is 6.99. The lowest BCUT2D eigenvalue weighted by Gasteiger charge is -2.57.